The highest BCUT2D eigenvalue weighted by atomic mass is 16.5. The predicted octanol–water partition coefficient (Wildman–Crippen LogP) is 1.35. The van der Waals surface area contributed by atoms with E-state index in [9.17, 15) is 9.59 Å². The predicted molar refractivity (Wildman–Crippen MR) is 90.9 cm³/mol. The summed E-state index contributed by atoms with van der Waals surface area (Å²) >= 11 is 0. The van der Waals surface area contributed by atoms with Crippen LogP contribution in [0, 0.1) is 5.92 Å². The largest absolute Gasteiger partial charge is 0.501 e. The van der Waals surface area contributed by atoms with Crippen molar-refractivity contribution in [1.82, 2.24) is 15.6 Å². The third-order valence-electron chi connectivity index (χ3n) is 3.78. The number of methoxy groups -OCH3 is 1. The Morgan fingerprint density at radius 3 is 2.79 bits per heavy atom. The molecular weight excluding hydrogens is 306 g/mol. The maximum atomic E-state index is 11.9. The number of hydrogen-bond donors (Lipinski definition) is 2. The number of pyridine rings is 1. The number of amides is 2. The van der Waals surface area contributed by atoms with Crippen LogP contribution in [0.5, 0.6) is 0 Å². The van der Waals surface area contributed by atoms with E-state index in [4.69, 9.17) is 4.74 Å². The van der Waals surface area contributed by atoms with E-state index in [1.807, 2.05) is 24.3 Å². The fourth-order valence-corrected chi connectivity index (χ4v) is 2.42. The molecule has 0 spiro atoms. The number of ether oxygens (including phenoxy) is 1. The van der Waals surface area contributed by atoms with Gasteiger partial charge >= 0.3 is 11.8 Å². The van der Waals surface area contributed by atoms with E-state index < -0.39 is 11.8 Å². The average Bonchev–Trinajstić information content (AvgIpc) is 2.61. The fraction of sp³-hybridized carbons (Fsp3) is 0.389. The summed E-state index contributed by atoms with van der Waals surface area (Å²) in [5.41, 5.74) is 1.76. The maximum Gasteiger partial charge on any atom is 0.309 e. The summed E-state index contributed by atoms with van der Waals surface area (Å²) in [5, 5.41) is 5.22. The number of rotatable bonds is 6. The van der Waals surface area contributed by atoms with Gasteiger partial charge in [-0.2, -0.15) is 0 Å². The van der Waals surface area contributed by atoms with Crippen LogP contribution < -0.4 is 10.6 Å². The van der Waals surface area contributed by atoms with Gasteiger partial charge in [-0.15, -0.1) is 0 Å². The molecule has 1 aromatic heterocycles. The van der Waals surface area contributed by atoms with Crippen molar-refractivity contribution in [3.63, 3.8) is 0 Å². The van der Waals surface area contributed by atoms with Crippen LogP contribution in [0.3, 0.4) is 0 Å². The van der Waals surface area contributed by atoms with Gasteiger partial charge in [0.1, 0.15) is 5.76 Å². The van der Waals surface area contributed by atoms with Gasteiger partial charge < -0.3 is 15.4 Å². The Balaban J connectivity index is 1.75. The van der Waals surface area contributed by atoms with Crippen molar-refractivity contribution in [1.29, 1.82) is 0 Å². The molecule has 1 aliphatic rings. The van der Waals surface area contributed by atoms with Crippen LogP contribution in [0.2, 0.25) is 0 Å². The van der Waals surface area contributed by atoms with Gasteiger partial charge in [0.15, 0.2) is 0 Å². The minimum absolute atomic E-state index is 0.277. The van der Waals surface area contributed by atoms with E-state index in [2.05, 4.69) is 28.6 Å². The zero-order valence-electron chi connectivity index (χ0n) is 14.0. The summed E-state index contributed by atoms with van der Waals surface area (Å²) in [4.78, 5) is 27.8. The van der Waals surface area contributed by atoms with Crippen molar-refractivity contribution in [2.24, 2.45) is 5.92 Å². The molecule has 1 unspecified atom stereocenters. The lowest BCUT2D eigenvalue weighted by Gasteiger charge is -2.19. The molecule has 2 amide bonds. The van der Waals surface area contributed by atoms with E-state index >= 15 is 0 Å². The van der Waals surface area contributed by atoms with Gasteiger partial charge in [-0.25, -0.2) is 0 Å². The molecule has 0 saturated heterocycles. The third kappa shape index (κ3) is 5.22. The molecule has 0 saturated carbocycles. The Kier molecular flexibility index (Phi) is 6.54. The van der Waals surface area contributed by atoms with Crippen molar-refractivity contribution in [2.75, 3.05) is 20.2 Å². The maximum absolute atomic E-state index is 11.9. The number of carbonyl (C=O) groups excluding carboxylic acids is 2. The first-order valence-corrected chi connectivity index (χ1v) is 8.00. The minimum atomic E-state index is -0.647. The summed E-state index contributed by atoms with van der Waals surface area (Å²) in [7, 11) is 1.62. The van der Waals surface area contributed by atoms with Gasteiger partial charge in [0.05, 0.1) is 7.11 Å². The number of nitrogens with one attached hydrogen (secondary N) is 2. The molecule has 0 radical (unpaired) electrons. The summed E-state index contributed by atoms with van der Waals surface area (Å²) < 4.78 is 5.35. The van der Waals surface area contributed by atoms with Crippen LogP contribution in [0.1, 0.15) is 19.0 Å². The SMILES string of the molecule is COC1=C(CNC(=O)C(=O)NCCc2ccccn2)C=CC(C)C1. The molecular formula is C18H23N3O3. The molecule has 6 nitrogen and oxygen atoms in total. The van der Waals surface area contributed by atoms with E-state index in [0.717, 1.165) is 23.4 Å². The Morgan fingerprint density at radius 1 is 1.29 bits per heavy atom. The van der Waals surface area contributed by atoms with Crippen LogP contribution in [-0.2, 0) is 20.7 Å². The van der Waals surface area contributed by atoms with Crippen molar-refractivity contribution in [2.45, 2.75) is 19.8 Å². The lowest BCUT2D eigenvalue weighted by Crippen LogP contribution is -2.41. The van der Waals surface area contributed by atoms with Gasteiger partial charge in [0.2, 0.25) is 0 Å². The normalized spacial score (nSPS) is 16.7. The van der Waals surface area contributed by atoms with Crippen LogP contribution in [-0.4, -0.2) is 37.0 Å². The molecule has 1 heterocycles. The fourth-order valence-electron chi connectivity index (χ4n) is 2.42. The summed E-state index contributed by atoms with van der Waals surface area (Å²) in [6, 6.07) is 5.59. The summed E-state index contributed by atoms with van der Waals surface area (Å²) in [5.74, 6) is -0.0280. The second-order valence-corrected chi connectivity index (χ2v) is 5.70. The molecule has 0 aromatic carbocycles. The summed E-state index contributed by atoms with van der Waals surface area (Å²) in [6.45, 7) is 2.74. The Hall–Kier alpha value is -2.63. The number of allylic oxidation sites excluding steroid dienone is 2. The standard InChI is InChI=1S/C18H23N3O3/c1-13-6-7-14(16(11-13)24-2)12-21-18(23)17(22)20-10-8-15-5-3-4-9-19-15/h3-7,9,13H,8,10-12H2,1-2H3,(H,20,22)(H,21,23). The molecule has 1 atom stereocenters. The molecule has 24 heavy (non-hydrogen) atoms. The van der Waals surface area contributed by atoms with Crippen LogP contribution in [0.15, 0.2) is 47.9 Å². The molecule has 1 aromatic rings. The molecule has 128 valence electrons. The number of carbonyl (C=O) groups is 2. The van der Waals surface area contributed by atoms with Crippen molar-refractivity contribution >= 4 is 11.8 Å². The van der Waals surface area contributed by atoms with Crippen LogP contribution in [0.25, 0.3) is 0 Å². The van der Waals surface area contributed by atoms with Crippen molar-refractivity contribution < 1.29 is 14.3 Å². The minimum Gasteiger partial charge on any atom is -0.501 e. The smallest absolute Gasteiger partial charge is 0.309 e. The van der Waals surface area contributed by atoms with E-state index in [1.165, 1.54) is 0 Å². The van der Waals surface area contributed by atoms with Gasteiger partial charge in [0.25, 0.3) is 0 Å². The van der Waals surface area contributed by atoms with Gasteiger partial charge in [-0.3, -0.25) is 14.6 Å². The second-order valence-electron chi connectivity index (χ2n) is 5.70. The number of nitrogens with zero attached hydrogens (tertiary/aromatic N) is 1. The highest BCUT2D eigenvalue weighted by Gasteiger charge is 2.17. The molecule has 2 N–H and O–H groups in total. The van der Waals surface area contributed by atoms with E-state index in [-0.39, 0.29) is 6.54 Å². The second kappa shape index (κ2) is 8.86. The van der Waals surface area contributed by atoms with Crippen molar-refractivity contribution in [3.8, 4) is 0 Å². The van der Waals surface area contributed by atoms with Gasteiger partial charge in [0, 0.05) is 43.4 Å². The summed E-state index contributed by atoms with van der Waals surface area (Å²) in [6.07, 6.45) is 7.08. The lowest BCUT2D eigenvalue weighted by molar-refractivity contribution is -0.139. The Morgan fingerprint density at radius 2 is 2.08 bits per heavy atom. The van der Waals surface area contributed by atoms with Crippen molar-refractivity contribution in [3.05, 3.63) is 53.6 Å². The highest BCUT2D eigenvalue weighted by molar-refractivity contribution is 6.35. The quantitative estimate of drug-likeness (QED) is 0.772. The Bertz CT molecular complexity index is 638. The molecule has 6 heteroatoms. The molecule has 0 aliphatic heterocycles. The van der Waals surface area contributed by atoms with Gasteiger partial charge in [-0.1, -0.05) is 25.1 Å². The van der Waals surface area contributed by atoms with E-state index in [1.54, 1.807) is 13.3 Å². The third-order valence-corrected chi connectivity index (χ3v) is 3.78. The lowest BCUT2D eigenvalue weighted by atomic mass is 9.96. The zero-order chi connectivity index (χ0) is 17.4. The first-order valence-electron chi connectivity index (χ1n) is 8.00. The van der Waals surface area contributed by atoms with E-state index in [0.29, 0.717) is 18.9 Å². The number of hydrogen-bond acceptors (Lipinski definition) is 4. The molecule has 2 rings (SSSR count). The zero-order valence-corrected chi connectivity index (χ0v) is 14.0. The topological polar surface area (TPSA) is 80.3 Å². The molecule has 1 aliphatic carbocycles. The van der Waals surface area contributed by atoms with Crippen LogP contribution in [0.4, 0.5) is 0 Å². The first-order chi connectivity index (χ1) is 11.6. The van der Waals surface area contributed by atoms with Crippen LogP contribution >= 0.6 is 0 Å². The number of aromatic nitrogens is 1. The highest BCUT2D eigenvalue weighted by Crippen LogP contribution is 2.23. The van der Waals surface area contributed by atoms with Gasteiger partial charge in [-0.05, 0) is 18.1 Å². The Labute approximate surface area is 142 Å². The first kappa shape index (κ1) is 17.7. The average molecular weight is 329 g/mol. The monoisotopic (exact) mass is 329 g/mol. The molecule has 0 bridgehead atoms. The molecule has 0 fully saturated rings.